The minimum atomic E-state index is -0.528. The average molecular weight is 353 g/mol. The highest BCUT2D eigenvalue weighted by atomic mass is 35.5. The second-order valence-corrected chi connectivity index (χ2v) is 6.08. The molecule has 0 aliphatic carbocycles. The van der Waals surface area contributed by atoms with Crippen LogP contribution < -0.4 is 11.1 Å². The smallest absolute Gasteiger partial charge is 0.248 e. The van der Waals surface area contributed by atoms with Crippen LogP contribution in [0.15, 0.2) is 42.5 Å². The summed E-state index contributed by atoms with van der Waals surface area (Å²) in [7, 11) is 0. The molecule has 7 heteroatoms. The first-order chi connectivity index (χ1) is 11.0. The van der Waals surface area contributed by atoms with Gasteiger partial charge in [0.25, 0.3) is 0 Å². The zero-order chi connectivity index (χ0) is 16.8. The van der Waals surface area contributed by atoms with Crippen LogP contribution in [0.25, 0.3) is 0 Å². The summed E-state index contributed by atoms with van der Waals surface area (Å²) in [6.07, 6.45) is 0. The number of nitrogens with one attached hydrogen (secondary N) is 1. The van der Waals surface area contributed by atoms with Gasteiger partial charge in [-0.1, -0.05) is 17.7 Å². The average Bonchev–Trinajstić information content (AvgIpc) is 2.51. The Labute approximate surface area is 142 Å². The summed E-state index contributed by atoms with van der Waals surface area (Å²) >= 11 is 7.18. The highest BCUT2D eigenvalue weighted by molar-refractivity contribution is 7.99. The third kappa shape index (κ3) is 4.97. The minimum Gasteiger partial charge on any atom is -0.366 e. The molecule has 0 aliphatic rings. The third-order valence-electron chi connectivity index (χ3n) is 2.99. The molecule has 3 N–H and O–H groups in total. The fourth-order valence-electron chi connectivity index (χ4n) is 1.83. The molecule has 0 bridgehead atoms. The van der Waals surface area contributed by atoms with E-state index in [4.69, 9.17) is 17.3 Å². The molecule has 0 atom stereocenters. The van der Waals surface area contributed by atoms with Gasteiger partial charge in [-0.3, -0.25) is 9.59 Å². The molecule has 0 aliphatic heterocycles. The third-order valence-corrected chi connectivity index (χ3v) is 4.31. The Hall–Kier alpha value is -2.05. The van der Waals surface area contributed by atoms with Gasteiger partial charge in [0.05, 0.1) is 5.75 Å². The molecule has 0 saturated heterocycles. The fourth-order valence-corrected chi connectivity index (χ4v) is 3.00. The van der Waals surface area contributed by atoms with E-state index in [1.165, 1.54) is 36.0 Å². The number of thioether (sulfide) groups is 1. The Morgan fingerprint density at radius 3 is 2.48 bits per heavy atom. The van der Waals surface area contributed by atoms with Crippen LogP contribution in [0.3, 0.4) is 0 Å². The number of amides is 2. The number of nitrogens with two attached hydrogens (primary N) is 1. The molecule has 2 amide bonds. The molecule has 0 fully saturated rings. The number of anilines is 1. The lowest BCUT2D eigenvalue weighted by Crippen LogP contribution is -2.15. The molecule has 0 spiro atoms. The van der Waals surface area contributed by atoms with Crippen molar-refractivity contribution in [1.29, 1.82) is 0 Å². The number of rotatable bonds is 6. The maximum Gasteiger partial charge on any atom is 0.248 e. The van der Waals surface area contributed by atoms with Crippen molar-refractivity contribution in [3.63, 3.8) is 0 Å². The van der Waals surface area contributed by atoms with E-state index in [-0.39, 0.29) is 17.5 Å². The Morgan fingerprint density at radius 2 is 1.87 bits per heavy atom. The number of hydrogen-bond acceptors (Lipinski definition) is 3. The van der Waals surface area contributed by atoms with E-state index in [0.29, 0.717) is 27.6 Å². The Bertz CT molecular complexity index is 702. The lowest BCUT2D eigenvalue weighted by atomic mass is 10.2. The van der Waals surface area contributed by atoms with Crippen LogP contribution in [0.4, 0.5) is 10.1 Å². The summed E-state index contributed by atoms with van der Waals surface area (Å²) in [6.45, 7) is 0. The van der Waals surface area contributed by atoms with Crippen LogP contribution in [0.5, 0.6) is 0 Å². The van der Waals surface area contributed by atoms with Crippen molar-refractivity contribution < 1.29 is 14.0 Å². The number of carbonyl (C=O) groups is 2. The van der Waals surface area contributed by atoms with Crippen molar-refractivity contribution in [3.8, 4) is 0 Å². The molecule has 4 nitrogen and oxygen atoms in total. The Kier molecular flexibility index (Phi) is 6.01. The van der Waals surface area contributed by atoms with Gasteiger partial charge in [0.1, 0.15) is 5.82 Å². The van der Waals surface area contributed by atoms with Crippen molar-refractivity contribution in [1.82, 2.24) is 0 Å². The van der Waals surface area contributed by atoms with Crippen LogP contribution in [-0.4, -0.2) is 17.6 Å². The van der Waals surface area contributed by atoms with Gasteiger partial charge in [0.15, 0.2) is 0 Å². The predicted molar refractivity (Wildman–Crippen MR) is 91.2 cm³/mol. The largest absolute Gasteiger partial charge is 0.366 e. The quantitative estimate of drug-likeness (QED) is 0.836. The zero-order valence-electron chi connectivity index (χ0n) is 12.0. The van der Waals surface area contributed by atoms with E-state index < -0.39 is 5.91 Å². The standard InChI is InChI=1S/C16H14ClFN2O2S/c17-13-2-1-3-14(18)12(13)8-23-9-15(21)20-11-6-4-10(5-7-11)16(19)22/h1-7H,8-9H2,(H2,19,22)(H,20,21). The molecule has 0 radical (unpaired) electrons. The summed E-state index contributed by atoms with van der Waals surface area (Å²) in [6, 6.07) is 10.7. The summed E-state index contributed by atoms with van der Waals surface area (Å²) in [5.41, 5.74) is 6.45. The van der Waals surface area contributed by atoms with Crippen molar-refractivity contribution in [2.45, 2.75) is 5.75 Å². The van der Waals surface area contributed by atoms with Crippen molar-refractivity contribution >= 4 is 40.9 Å². The summed E-state index contributed by atoms with van der Waals surface area (Å²) in [5, 5.41) is 3.03. The minimum absolute atomic E-state index is 0.155. The highest BCUT2D eigenvalue weighted by Crippen LogP contribution is 2.24. The fraction of sp³-hybridized carbons (Fsp3) is 0.125. The Morgan fingerprint density at radius 1 is 1.17 bits per heavy atom. The molecular formula is C16H14ClFN2O2S. The monoisotopic (exact) mass is 352 g/mol. The van der Waals surface area contributed by atoms with Crippen LogP contribution >= 0.6 is 23.4 Å². The van der Waals surface area contributed by atoms with E-state index in [2.05, 4.69) is 5.32 Å². The molecule has 120 valence electrons. The summed E-state index contributed by atoms with van der Waals surface area (Å²) in [5.74, 6) is -0.677. The predicted octanol–water partition coefficient (Wildman–Crippen LogP) is 3.45. The lowest BCUT2D eigenvalue weighted by molar-refractivity contribution is -0.113. The van der Waals surface area contributed by atoms with Gasteiger partial charge in [-0.2, -0.15) is 0 Å². The van der Waals surface area contributed by atoms with E-state index in [0.717, 1.165) is 0 Å². The first-order valence-corrected chi connectivity index (χ1v) is 8.21. The van der Waals surface area contributed by atoms with Gasteiger partial charge < -0.3 is 11.1 Å². The molecule has 2 aromatic carbocycles. The number of halogens is 2. The molecule has 0 saturated carbocycles. The van der Waals surface area contributed by atoms with E-state index >= 15 is 0 Å². The van der Waals surface area contributed by atoms with Crippen molar-refractivity contribution in [2.24, 2.45) is 5.73 Å². The van der Waals surface area contributed by atoms with Gasteiger partial charge in [-0.15, -0.1) is 11.8 Å². The van der Waals surface area contributed by atoms with E-state index in [9.17, 15) is 14.0 Å². The maximum absolute atomic E-state index is 13.6. The molecule has 2 aromatic rings. The van der Waals surface area contributed by atoms with Crippen LogP contribution in [0, 0.1) is 5.82 Å². The zero-order valence-corrected chi connectivity index (χ0v) is 13.6. The number of hydrogen-bond donors (Lipinski definition) is 2. The topological polar surface area (TPSA) is 72.2 Å². The number of primary amides is 1. The first-order valence-electron chi connectivity index (χ1n) is 6.67. The van der Waals surface area contributed by atoms with Gasteiger partial charge in [-0.05, 0) is 36.4 Å². The van der Waals surface area contributed by atoms with Crippen molar-refractivity contribution in [3.05, 3.63) is 64.4 Å². The lowest BCUT2D eigenvalue weighted by Gasteiger charge is -2.07. The summed E-state index contributed by atoms with van der Waals surface area (Å²) < 4.78 is 13.6. The molecule has 0 aromatic heterocycles. The van der Waals surface area contributed by atoms with Crippen LogP contribution in [-0.2, 0) is 10.5 Å². The van der Waals surface area contributed by atoms with Crippen molar-refractivity contribution in [2.75, 3.05) is 11.1 Å². The van der Waals surface area contributed by atoms with E-state index in [1.54, 1.807) is 18.2 Å². The van der Waals surface area contributed by atoms with Crippen LogP contribution in [0.1, 0.15) is 15.9 Å². The van der Waals surface area contributed by atoms with Crippen LogP contribution in [0.2, 0.25) is 5.02 Å². The molecule has 23 heavy (non-hydrogen) atoms. The number of carbonyl (C=O) groups excluding carboxylic acids is 2. The van der Waals surface area contributed by atoms with Gasteiger partial charge in [0, 0.05) is 27.6 Å². The van der Waals surface area contributed by atoms with Gasteiger partial charge >= 0.3 is 0 Å². The summed E-state index contributed by atoms with van der Waals surface area (Å²) in [4.78, 5) is 22.8. The highest BCUT2D eigenvalue weighted by Gasteiger charge is 2.09. The maximum atomic E-state index is 13.6. The first kappa shape index (κ1) is 17.3. The van der Waals surface area contributed by atoms with Gasteiger partial charge in [-0.25, -0.2) is 4.39 Å². The normalized spacial score (nSPS) is 10.3. The number of benzene rings is 2. The van der Waals surface area contributed by atoms with Gasteiger partial charge in [0.2, 0.25) is 11.8 Å². The molecule has 0 heterocycles. The molecule has 0 unspecified atom stereocenters. The SMILES string of the molecule is NC(=O)c1ccc(NC(=O)CSCc2c(F)cccc2Cl)cc1. The second-order valence-electron chi connectivity index (χ2n) is 4.68. The molecular weight excluding hydrogens is 339 g/mol. The molecule has 2 rings (SSSR count). The second kappa shape index (κ2) is 7.99. The van der Waals surface area contributed by atoms with E-state index in [1.807, 2.05) is 0 Å². The Balaban J connectivity index is 1.84.